The Bertz CT molecular complexity index is 1020. The van der Waals surface area contributed by atoms with E-state index in [0.29, 0.717) is 16.3 Å². The first kappa shape index (κ1) is 21.0. The van der Waals surface area contributed by atoms with Crippen molar-refractivity contribution in [1.29, 1.82) is 0 Å². The largest absolute Gasteiger partial charge is 0.336 e. The van der Waals surface area contributed by atoms with Gasteiger partial charge in [-0.05, 0) is 30.5 Å². The van der Waals surface area contributed by atoms with Crippen LogP contribution in [0.1, 0.15) is 5.69 Å². The number of thiazole rings is 1. The van der Waals surface area contributed by atoms with Crippen molar-refractivity contribution in [2.24, 2.45) is 0 Å². The number of hydrogen-bond acceptors (Lipinski definition) is 5. The van der Waals surface area contributed by atoms with Crippen LogP contribution >= 0.6 is 23.1 Å². The van der Waals surface area contributed by atoms with Crippen molar-refractivity contribution < 1.29 is 14.0 Å². The van der Waals surface area contributed by atoms with Gasteiger partial charge in [-0.1, -0.05) is 24.3 Å². The highest BCUT2D eigenvalue weighted by Gasteiger charge is 2.16. The summed E-state index contributed by atoms with van der Waals surface area (Å²) in [5, 5.41) is 5.27. The molecule has 0 saturated heterocycles. The molecule has 1 N–H and O–H groups in total. The Balaban J connectivity index is 1.57. The Morgan fingerprint density at radius 3 is 2.76 bits per heavy atom. The predicted octanol–water partition coefficient (Wildman–Crippen LogP) is 4.31. The lowest BCUT2D eigenvalue weighted by molar-refractivity contribution is -0.132. The zero-order chi connectivity index (χ0) is 20.8. The number of anilines is 1. The molecule has 3 rings (SSSR count). The van der Waals surface area contributed by atoms with Crippen LogP contribution in [-0.2, 0) is 16.0 Å². The summed E-state index contributed by atoms with van der Waals surface area (Å²) in [4.78, 5) is 31.5. The van der Waals surface area contributed by atoms with Gasteiger partial charge in [-0.3, -0.25) is 9.59 Å². The molecule has 0 aliphatic carbocycles. The summed E-state index contributed by atoms with van der Waals surface area (Å²) in [6, 6.07) is 13.7. The molecule has 0 aliphatic heterocycles. The molecule has 0 unspecified atom stereocenters. The van der Waals surface area contributed by atoms with Gasteiger partial charge in [0.05, 0.1) is 24.3 Å². The number of carbonyl (C=O) groups is 2. The standard InChI is InChI=1S/C21H20FN3O2S2/c1-25(12-19(26)24-17-8-3-4-9-18(17)28-2)20(27)11-16-13-29-21(23-16)14-6-5-7-15(22)10-14/h3-10,13H,11-12H2,1-2H3,(H,24,26). The van der Waals surface area contributed by atoms with Crippen molar-refractivity contribution in [3.05, 3.63) is 65.4 Å². The van der Waals surface area contributed by atoms with Crippen LogP contribution in [0.2, 0.25) is 0 Å². The summed E-state index contributed by atoms with van der Waals surface area (Å²) in [6.07, 6.45) is 2.02. The van der Waals surface area contributed by atoms with E-state index in [1.807, 2.05) is 30.5 Å². The Labute approximate surface area is 177 Å². The molecule has 0 bridgehead atoms. The summed E-state index contributed by atoms with van der Waals surface area (Å²) < 4.78 is 13.4. The van der Waals surface area contributed by atoms with E-state index in [4.69, 9.17) is 0 Å². The number of rotatable bonds is 7. The zero-order valence-electron chi connectivity index (χ0n) is 16.0. The van der Waals surface area contributed by atoms with E-state index < -0.39 is 0 Å². The predicted molar refractivity (Wildman–Crippen MR) is 116 cm³/mol. The summed E-state index contributed by atoms with van der Waals surface area (Å²) in [5.74, 6) is -0.806. The number of thioether (sulfide) groups is 1. The van der Waals surface area contributed by atoms with E-state index >= 15 is 0 Å². The third-order valence-corrected chi connectivity index (χ3v) is 5.88. The van der Waals surface area contributed by atoms with Gasteiger partial charge < -0.3 is 10.2 Å². The molecule has 5 nitrogen and oxygen atoms in total. The Kier molecular flexibility index (Phi) is 7.00. The number of hydrogen-bond donors (Lipinski definition) is 1. The van der Waals surface area contributed by atoms with Crippen LogP contribution < -0.4 is 5.32 Å². The molecule has 0 atom stereocenters. The van der Waals surface area contributed by atoms with Gasteiger partial charge in [0, 0.05) is 22.9 Å². The van der Waals surface area contributed by atoms with Crippen LogP contribution in [0.4, 0.5) is 10.1 Å². The van der Waals surface area contributed by atoms with E-state index in [2.05, 4.69) is 10.3 Å². The smallest absolute Gasteiger partial charge is 0.244 e. The monoisotopic (exact) mass is 429 g/mol. The van der Waals surface area contributed by atoms with Gasteiger partial charge in [-0.15, -0.1) is 23.1 Å². The normalized spacial score (nSPS) is 10.6. The fourth-order valence-electron chi connectivity index (χ4n) is 2.67. The second-order valence-corrected chi connectivity index (χ2v) is 8.04. The zero-order valence-corrected chi connectivity index (χ0v) is 17.6. The summed E-state index contributed by atoms with van der Waals surface area (Å²) >= 11 is 2.89. The third-order valence-electron chi connectivity index (χ3n) is 4.14. The Hall–Kier alpha value is -2.71. The number of aromatic nitrogens is 1. The maximum atomic E-state index is 13.4. The SMILES string of the molecule is CSc1ccccc1NC(=O)CN(C)C(=O)Cc1csc(-c2cccc(F)c2)n1. The number of halogens is 1. The highest BCUT2D eigenvalue weighted by molar-refractivity contribution is 7.98. The van der Waals surface area contributed by atoms with Gasteiger partial charge in [-0.25, -0.2) is 9.37 Å². The van der Waals surface area contributed by atoms with Crippen molar-refractivity contribution in [2.45, 2.75) is 11.3 Å². The Morgan fingerprint density at radius 1 is 1.21 bits per heavy atom. The lowest BCUT2D eigenvalue weighted by Gasteiger charge is -2.17. The number of para-hydroxylation sites is 1. The van der Waals surface area contributed by atoms with Gasteiger partial charge in [0.2, 0.25) is 11.8 Å². The summed E-state index contributed by atoms with van der Waals surface area (Å²) in [6.45, 7) is -0.0531. The van der Waals surface area contributed by atoms with Crippen LogP contribution in [0.5, 0.6) is 0 Å². The van der Waals surface area contributed by atoms with Gasteiger partial charge in [-0.2, -0.15) is 0 Å². The van der Waals surface area contributed by atoms with Gasteiger partial charge in [0.1, 0.15) is 10.8 Å². The molecule has 8 heteroatoms. The molecule has 0 radical (unpaired) electrons. The van der Waals surface area contributed by atoms with Gasteiger partial charge in [0.25, 0.3) is 0 Å². The average molecular weight is 430 g/mol. The first-order valence-electron chi connectivity index (χ1n) is 8.83. The highest BCUT2D eigenvalue weighted by Crippen LogP contribution is 2.25. The number of nitrogens with zero attached hydrogens (tertiary/aromatic N) is 2. The molecule has 2 amide bonds. The topological polar surface area (TPSA) is 62.3 Å². The molecule has 0 aliphatic rings. The van der Waals surface area contributed by atoms with Crippen molar-refractivity contribution >= 4 is 40.6 Å². The molecular weight excluding hydrogens is 409 g/mol. The quantitative estimate of drug-likeness (QED) is 0.569. The van der Waals surface area contributed by atoms with Gasteiger partial charge >= 0.3 is 0 Å². The van der Waals surface area contributed by atoms with Crippen molar-refractivity contribution in [3.63, 3.8) is 0 Å². The lowest BCUT2D eigenvalue weighted by Crippen LogP contribution is -2.35. The second-order valence-electron chi connectivity index (χ2n) is 6.33. The number of likely N-dealkylation sites (N-methyl/N-ethyl adjacent to an activating group) is 1. The highest BCUT2D eigenvalue weighted by atomic mass is 32.2. The van der Waals surface area contributed by atoms with Crippen LogP contribution in [0.25, 0.3) is 10.6 Å². The maximum absolute atomic E-state index is 13.4. The van der Waals surface area contributed by atoms with E-state index in [1.54, 1.807) is 24.6 Å². The lowest BCUT2D eigenvalue weighted by atomic mass is 10.2. The third kappa shape index (κ3) is 5.65. The van der Waals surface area contributed by atoms with Crippen LogP contribution in [0.15, 0.2) is 58.8 Å². The van der Waals surface area contributed by atoms with E-state index in [0.717, 1.165) is 10.6 Å². The number of nitrogens with one attached hydrogen (secondary N) is 1. The van der Waals surface area contributed by atoms with Crippen LogP contribution in [0, 0.1) is 5.82 Å². The van der Waals surface area contributed by atoms with E-state index in [1.165, 1.54) is 40.1 Å². The molecule has 1 heterocycles. The molecule has 0 spiro atoms. The minimum absolute atomic E-state index is 0.0531. The molecule has 0 saturated carbocycles. The molecule has 3 aromatic rings. The molecule has 29 heavy (non-hydrogen) atoms. The minimum atomic E-state index is -0.330. The molecule has 150 valence electrons. The number of carbonyl (C=O) groups excluding carboxylic acids is 2. The minimum Gasteiger partial charge on any atom is -0.336 e. The Morgan fingerprint density at radius 2 is 2.00 bits per heavy atom. The fraction of sp³-hybridized carbons (Fsp3) is 0.190. The average Bonchev–Trinajstić information content (AvgIpc) is 3.16. The van der Waals surface area contributed by atoms with Crippen LogP contribution in [0.3, 0.4) is 0 Å². The first-order valence-corrected chi connectivity index (χ1v) is 10.9. The molecule has 2 aromatic carbocycles. The maximum Gasteiger partial charge on any atom is 0.244 e. The van der Waals surface area contributed by atoms with Gasteiger partial charge in [0.15, 0.2) is 0 Å². The summed E-state index contributed by atoms with van der Waals surface area (Å²) in [7, 11) is 1.59. The first-order chi connectivity index (χ1) is 14.0. The summed E-state index contributed by atoms with van der Waals surface area (Å²) in [5.41, 5.74) is 2.00. The van der Waals surface area contributed by atoms with Crippen molar-refractivity contribution in [1.82, 2.24) is 9.88 Å². The molecule has 1 aromatic heterocycles. The van der Waals surface area contributed by atoms with Crippen LogP contribution in [-0.4, -0.2) is 41.5 Å². The molecule has 0 fully saturated rings. The van der Waals surface area contributed by atoms with Crippen molar-refractivity contribution in [3.8, 4) is 10.6 Å². The van der Waals surface area contributed by atoms with Crippen molar-refractivity contribution in [2.75, 3.05) is 25.2 Å². The molecular formula is C21H20FN3O2S2. The van der Waals surface area contributed by atoms with E-state index in [9.17, 15) is 14.0 Å². The number of amides is 2. The number of benzene rings is 2. The fourth-order valence-corrected chi connectivity index (χ4v) is 4.04. The van der Waals surface area contributed by atoms with E-state index in [-0.39, 0.29) is 30.6 Å². The second kappa shape index (κ2) is 9.67.